The van der Waals surface area contributed by atoms with Gasteiger partial charge in [-0.3, -0.25) is 0 Å². The second-order valence-corrected chi connectivity index (χ2v) is 5.29. The van der Waals surface area contributed by atoms with Gasteiger partial charge in [0, 0.05) is 6.54 Å². The number of rotatable bonds is 5. The summed E-state index contributed by atoms with van der Waals surface area (Å²) in [6, 6.07) is 13.2. The van der Waals surface area contributed by atoms with Gasteiger partial charge in [-0.05, 0) is 42.0 Å². The SMILES string of the molecule is COc1ccc(CNC(=S)Nc2ccccc2Cl)cc1OC. The average Bonchev–Trinajstić information content (AvgIpc) is 2.54. The first-order chi connectivity index (χ1) is 10.6. The maximum atomic E-state index is 6.08. The van der Waals surface area contributed by atoms with Gasteiger partial charge in [0.05, 0.1) is 24.9 Å². The zero-order valence-electron chi connectivity index (χ0n) is 12.4. The van der Waals surface area contributed by atoms with Gasteiger partial charge in [-0.15, -0.1) is 0 Å². The molecule has 4 nitrogen and oxygen atoms in total. The Labute approximate surface area is 140 Å². The minimum atomic E-state index is 0.503. The fourth-order valence-corrected chi connectivity index (χ4v) is 2.27. The molecule has 0 aromatic heterocycles. The lowest BCUT2D eigenvalue weighted by atomic mass is 10.2. The number of hydrogen-bond donors (Lipinski definition) is 2. The molecule has 0 spiro atoms. The van der Waals surface area contributed by atoms with Crippen molar-refractivity contribution in [1.29, 1.82) is 0 Å². The number of benzene rings is 2. The summed E-state index contributed by atoms with van der Waals surface area (Å²) >= 11 is 11.3. The first-order valence-corrected chi connectivity index (χ1v) is 7.43. The van der Waals surface area contributed by atoms with Gasteiger partial charge in [0.15, 0.2) is 16.6 Å². The Balaban J connectivity index is 1.95. The van der Waals surface area contributed by atoms with E-state index in [2.05, 4.69) is 10.6 Å². The molecule has 0 aliphatic heterocycles. The minimum absolute atomic E-state index is 0.503. The first kappa shape index (κ1) is 16.4. The van der Waals surface area contributed by atoms with E-state index in [0.717, 1.165) is 11.3 Å². The summed E-state index contributed by atoms with van der Waals surface area (Å²) in [5, 5.41) is 7.32. The molecule has 2 aromatic rings. The molecule has 0 amide bonds. The van der Waals surface area contributed by atoms with Crippen LogP contribution in [0, 0.1) is 0 Å². The van der Waals surface area contributed by atoms with E-state index in [1.54, 1.807) is 20.3 Å². The number of ether oxygens (including phenoxy) is 2. The third kappa shape index (κ3) is 4.26. The topological polar surface area (TPSA) is 42.5 Å². The maximum absolute atomic E-state index is 6.08. The highest BCUT2D eigenvalue weighted by atomic mass is 35.5. The lowest BCUT2D eigenvalue weighted by Crippen LogP contribution is -2.28. The molecule has 116 valence electrons. The fraction of sp³-hybridized carbons (Fsp3) is 0.188. The molecule has 22 heavy (non-hydrogen) atoms. The van der Waals surface area contributed by atoms with Crippen LogP contribution in [-0.4, -0.2) is 19.3 Å². The molecule has 0 heterocycles. The molecular formula is C16H17ClN2O2S. The molecule has 0 saturated carbocycles. The van der Waals surface area contributed by atoms with Crippen LogP contribution < -0.4 is 20.1 Å². The van der Waals surface area contributed by atoms with E-state index in [9.17, 15) is 0 Å². The summed E-state index contributed by atoms with van der Waals surface area (Å²) in [5.41, 5.74) is 1.80. The van der Waals surface area contributed by atoms with Crippen LogP contribution in [0.4, 0.5) is 5.69 Å². The Hall–Kier alpha value is -1.98. The van der Waals surface area contributed by atoms with E-state index in [0.29, 0.717) is 28.2 Å². The van der Waals surface area contributed by atoms with Crippen LogP contribution in [0.1, 0.15) is 5.56 Å². The lowest BCUT2D eigenvalue weighted by Gasteiger charge is -2.13. The van der Waals surface area contributed by atoms with E-state index in [1.165, 1.54) is 0 Å². The van der Waals surface area contributed by atoms with Crippen molar-refractivity contribution in [3.8, 4) is 11.5 Å². The highest BCUT2D eigenvalue weighted by Gasteiger charge is 2.06. The van der Waals surface area contributed by atoms with Crippen molar-refractivity contribution >= 4 is 34.6 Å². The number of hydrogen-bond acceptors (Lipinski definition) is 3. The molecule has 2 rings (SSSR count). The Morgan fingerprint density at radius 3 is 2.50 bits per heavy atom. The van der Waals surface area contributed by atoms with Crippen molar-refractivity contribution in [2.75, 3.05) is 19.5 Å². The predicted molar refractivity (Wildman–Crippen MR) is 94.1 cm³/mol. The monoisotopic (exact) mass is 336 g/mol. The summed E-state index contributed by atoms with van der Waals surface area (Å²) in [4.78, 5) is 0. The normalized spacial score (nSPS) is 9.95. The number of halogens is 1. The summed E-state index contributed by atoms with van der Waals surface area (Å²) in [6.07, 6.45) is 0. The molecule has 2 N–H and O–H groups in total. The third-order valence-corrected chi connectivity index (χ3v) is 3.60. The van der Waals surface area contributed by atoms with Gasteiger partial charge >= 0.3 is 0 Å². The second kappa shape index (κ2) is 7.87. The summed E-state index contributed by atoms with van der Waals surface area (Å²) in [5.74, 6) is 1.38. The number of methoxy groups -OCH3 is 2. The molecule has 0 saturated heterocycles. The lowest BCUT2D eigenvalue weighted by molar-refractivity contribution is 0.354. The number of para-hydroxylation sites is 1. The maximum Gasteiger partial charge on any atom is 0.171 e. The van der Waals surface area contributed by atoms with E-state index in [4.69, 9.17) is 33.3 Å². The molecule has 6 heteroatoms. The van der Waals surface area contributed by atoms with Crippen LogP contribution >= 0.6 is 23.8 Å². The van der Waals surface area contributed by atoms with Gasteiger partial charge in [-0.2, -0.15) is 0 Å². The molecule has 0 aliphatic rings. The van der Waals surface area contributed by atoms with E-state index in [1.807, 2.05) is 36.4 Å². The van der Waals surface area contributed by atoms with Crippen LogP contribution in [0.25, 0.3) is 0 Å². The Bertz CT molecular complexity index is 664. The zero-order valence-corrected chi connectivity index (χ0v) is 13.9. The van der Waals surface area contributed by atoms with Gasteiger partial charge in [-0.25, -0.2) is 0 Å². The standard InChI is InChI=1S/C16H17ClN2O2S/c1-20-14-8-7-11(9-15(14)21-2)10-18-16(22)19-13-6-4-3-5-12(13)17/h3-9H,10H2,1-2H3,(H2,18,19,22). The van der Waals surface area contributed by atoms with Gasteiger partial charge in [0.25, 0.3) is 0 Å². The van der Waals surface area contributed by atoms with Crippen LogP contribution in [-0.2, 0) is 6.54 Å². The van der Waals surface area contributed by atoms with Crippen molar-refractivity contribution in [3.63, 3.8) is 0 Å². The molecule has 0 bridgehead atoms. The molecule has 0 aliphatic carbocycles. The second-order valence-electron chi connectivity index (χ2n) is 4.48. The highest BCUT2D eigenvalue weighted by Crippen LogP contribution is 2.27. The van der Waals surface area contributed by atoms with E-state index < -0.39 is 0 Å². The molecule has 2 aromatic carbocycles. The average molecular weight is 337 g/mol. The molecule has 0 unspecified atom stereocenters. The fourth-order valence-electron chi connectivity index (χ4n) is 1.90. The van der Waals surface area contributed by atoms with Crippen molar-refractivity contribution in [3.05, 3.63) is 53.1 Å². The Morgan fingerprint density at radius 1 is 1.09 bits per heavy atom. The first-order valence-electron chi connectivity index (χ1n) is 6.64. The van der Waals surface area contributed by atoms with Crippen LogP contribution in [0.5, 0.6) is 11.5 Å². The van der Waals surface area contributed by atoms with Crippen molar-refractivity contribution < 1.29 is 9.47 Å². The molecule has 0 atom stereocenters. The van der Waals surface area contributed by atoms with E-state index in [-0.39, 0.29) is 0 Å². The van der Waals surface area contributed by atoms with Gasteiger partial charge in [0.2, 0.25) is 0 Å². The van der Waals surface area contributed by atoms with Gasteiger partial charge < -0.3 is 20.1 Å². The van der Waals surface area contributed by atoms with Crippen molar-refractivity contribution in [1.82, 2.24) is 5.32 Å². The Kier molecular flexibility index (Phi) is 5.86. The minimum Gasteiger partial charge on any atom is -0.493 e. The quantitative estimate of drug-likeness (QED) is 0.812. The van der Waals surface area contributed by atoms with Gasteiger partial charge in [-0.1, -0.05) is 29.8 Å². The van der Waals surface area contributed by atoms with Crippen LogP contribution in [0.15, 0.2) is 42.5 Å². The largest absolute Gasteiger partial charge is 0.493 e. The zero-order chi connectivity index (χ0) is 15.9. The molecule has 0 radical (unpaired) electrons. The van der Waals surface area contributed by atoms with Crippen LogP contribution in [0.2, 0.25) is 5.02 Å². The van der Waals surface area contributed by atoms with Crippen LogP contribution in [0.3, 0.4) is 0 Å². The molecule has 0 fully saturated rings. The number of nitrogens with one attached hydrogen (secondary N) is 2. The highest BCUT2D eigenvalue weighted by molar-refractivity contribution is 7.80. The summed E-state index contributed by atoms with van der Waals surface area (Å²) in [7, 11) is 3.22. The Morgan fingerprint density at radius 2 is 1.82 bits per heavy atom. The van der Waals surface area contributed by atoms with E-state index >= 15 is 0 Å². The summed E-state index contributed by atoms with van der Waals surface area (Å²) in [6.45, 7) is 0.566. The molecular weight excluding hydrogens is 320 g/mol. The third-order valence-electron chi connectivity index (χ3n) is 3.02. The van der Waals surface area contributed by atoms with Crippen molar-refractivity contribution in [2.24, 2.45) is 0 Å². The van der Waals surface area contributed by atoms with Crippen molar-refractivity contribution in [2.45, 2.75) is 6.54 Å². The smallest absolute Gasteiger partial charge is 0.171 e. The number of thiocarbonyl (C=S) groups is 1. The number of anilines is 1. The van der Waals surface area contributed by atoms with Gasteiger partial charge in [0.1, 0.15) is 0 Å². The summed E-state index contributed by atoms with van der Waals surface area (Å²) < 4.78 is 10.5. The predicted octanol–water partition coefficient (Wildman–Crippen LogP) is 3.84.